The summed E-state index contributed by atoms with van der Waals surface area (Å²) in [5, 5.41) is 3.22. The SMILES string of the molecule is CC(C)(C)OC(=O)N1CC2(CCNCC2CF)C1. The number of nitrogens with zero attached hydrogens (tertiary/aromatic N) is 1. The first kappa shape index (κ1) is 13.6. The number of piperidine rings is 1. The Morgan fingerprint density at radius 3 is 2.72 bits per heavy atom. The molecule has 1 unspecified atom stereocenters. The predicted molar refractivity (Wildman–Crippen MR) is 67.2 cm³/mol. The minimum Gasteiger partial charge on any atom is -0.444 e. The minimum absolute atomic E-state index is 0.0170. The van der Waals surface area contributed by atoms with Gasteiger partial charge in [0.2, 0.25) is 0 Å². The number of hydrogen-bond acceptors (Lipinski definition) is 3. The lowest BCUT2D eigenvalue weighted by atomic mass is 9.66. The van der Waals surface area contributed by atoms with Gasteiger partial charge in [0.1, 0.15) is 5.60 Å². The molecule has 0 bridgehead atoms. The fourth-order valence-electron chi connectivity index (χ4n) is 2.84. The monoisotopic (exact) mass is 258 g/mol. The maximum atomic E-state index is 13.0. The number of carbonyl (C=O) groups excluding carboxylic acids is 1. The third-order valence-electron chi connectivity index (χ3n) is 3.91. The molecule has 2 rings (SSSR count). The van der Waals surface area contributed by atoms with E-state index in [-0.39, 0.29) is 24.1 Å². The summed E-state index contributed by atoms with van der Waals surface area (Å²) in [6.07, 6.45) is 0.671. The van der Waals surface area contributed by atoms with E-state index in [1.807, 2.05) is 20.8 Å². The molecule has 2 aliphatic rings. The van der Waals surface area contributed by atoms with Crippen LogP contribution >= 0.6 is 0 Å². The van der Waals surface area contributed by atoms with Crippen molar-refractivity contribution in [3.05, 3.63) is 0 Å². The lowest BCUT2D eigenvalue weighted by Crippen LogP contribution is -2.66. The first-order valence-electron chi connectivity index (χ1n) is 6.61. The number of alkyl halides is 1. The number of carbonyl (C=O) groups is 1. The van der Waals surface area contributed by atoms with Crippen LogP contribution in [0.15, 0.2) is 0 Å². The molecule has 4 nitrogen and oxygen atoms in total. The van der Waals surface area contributed by atoms with Crippen molar-refractivity contribution in [3.63, 3.8) is 0 Å². The summed E-state index contributed by atoms with van der Waals surface area (Å²) < 4.78 is 18.3. The van der Waals surface area contributed by atoms with Gasteiger partial charge in [0, 0.05) is 31.0 Å². The number of rotatable bonds is 1. The molecule has 18 heavy (non-hydrogen) atoms. The van der Waals surface area contributed by atoms with Crippen LogP contribution in [0.25, 0.3) is 0 Å². The number of likely N-dealkylation sites (tertiary alicyclic amines) is 1. The first-order valence-corrected chi connectivity index (χ1v) is 6.61. The van der Waals surface area contributed by atoms with E-state index in [4.69, 9.17) is 4.74 Å². The van der Waals surface area contributed by atoms with Crippen LogP contribution < -0.4 is 5.32 Å². The summed E-state index contributed by atoms with van der Waals surface area (Å²) in [6, 6.07) is 0. The van der Waals surface area contributed by atoms with Gasteiger partial charge in [-0.3, -0.25) is 4.39 Å². The second kappa shape index (κ2) is 4.68. The maximum absolute atomic E-state index is 13.0. The second-order valence-corrected chi connectivity index (χ2v) is 6.50. The van der Waals surface area contributed by atoms with Crippen molar-refractivity contribution < 1.29 is 13.9 Å². The maximum Gasteiger partial charge on any atom is 0.410 e. The van der Waals surface area contributed by atoms with Gasteiger partial charge in [0.15, 0.2) is 0 Å². The van der Waals surface area contributed by atoms with Gasteiger partial charge in [0.05, 0.1) is 6.67 Å². The number of hydrogen-bond donors (Lipinski definition) is 1. The summed E-state index contributed by atoms with van der Waals surface area (Å²) in [6.45, 7) is 8.17. The van der Waals surface area contributed by atoms with Crippen molar-refractivity contribution in [2.45, 2.75) is 32.8 Å². The Labute approximate surface area is 108 Å². The molecule has 0 saturated carbocycles. The zero-order valence-corrected chi connectivity index (χ0v) is 11.5. The van der Waals surface area contributed by atoms with Crippen LogP contribution in [0.5, 0.6) is 0 Å². The molecule has 2 heterocycles. The molecule has 0 aliphatic carbocycles. The van der Waals surface area contributed by atoms with Crippen LogP contribution in [0.1, 0.15) is 27.2 Å². The summed E-state index contributed by atoms with van der Waals surface area (Å²) in [5.41, 5.74) is -0.482. The summed E-state index contributed by atoms with van der Waals surface area (Å²) in [4.78, 5) is 13.5. The lowest BCUT2D eigenvalue weighted by Gasteiger charge is -2.55. The van der Waals surface area contributed by atoms with Crippen molar-refractivity contribution in [1.82, 2.24) is 10.2 Å². The Balaban J connectivity index is 1.90. The van der Waals surface area contributed by atoms with E-state index in [0.29, 0.717) is 13.1 Å². The van der Waals surface area contributed by atoms with Crippen molar-refractivity contribution in [2.24, 2.45) is 11.3 Å². The van der Waals surface area contributed by atoms with Crippen LogP contribution in [-0.2, 0) is 4.74 Å². The van der Waals surface area contributed by atoms with Crippen molar-refractivity contribution >= 4 is 6.09 Å². The Morgan fingerprint density at radius 2 is 2.17 bits per heavy atom. The van der Waals surface area contributed by atoms with E-state index in [2.05, 4.69) is 5.32 Å². The van der Waals surface area contributed by atoms with Gasteiger partial charge in [-0.1, -0.05) is 0 Å². The Kier molecular flexibility index (Phi) is 3.54. The number of halogens is 1. The van der Waals surface area contributed by atoms with Gasteiger partial charge in [-0.25, -0.2) is 4.79 Å². The van der Waals surface area contributed by atoms with Crippen molar-refractivity contribution in [2.75, 3.05) is 32.9 Å². The Bertz CT molecular complexity index is 321. The van der Waals surface area contributed by atoms with Crippen LogP contribution in [0, 0.1) is 11.3 Å². The quantitative estimate of drug-likeness (QED) is 0.780. The molecule has 5 heteroatoms. The number of nitrogens with one attached hydrogen (secondary N) is 1. The third kappa shape index (κ3) is 2.60. The fraction of sp³-hybridized carbons (Fsp3) is 0.923. The molecule has 0 radical (unpaired) electrons. The molecular weight excluding hydrogens is 235 g/mol. The molecule has 1 amide bonds. The van der Waals surface area contributed by atoms with E-state index >= 15 is 0 Å². The average Bonchev–Trinajstić information content (AvgIpc) is 2.23. The smallest absolute Gasteiger partial charge is 0.410 e. The number of amides is 1. The van der Waals surface area contributed by atoms with Gasteiger partial charge >= 0.3 is 6.09 Å². The molecule has 1 N–H and O–H groups in total. The van der Waals surface area contributed by atoms with Crippen LogP contribution in [0.4, 0.5) is 9.18 Å². The molecule has 1 atom stereocenters. The summed E-state index contributed by atoms with van der Waals surface area (Å²) in [7, 11) is 0. The van der Waals surface area contributed by atoms with Crippen LogP contribution in [0.3, 0.4) is 0 Å². The van der Waals surface area contributed by atoms with Gasteiger partial charge in [0.25, 0.3) is 0 Å². The molecular formula is C13H23FN2O2. The number of ether oxygens (including phenoxy) is 1. The van der Waals surface area contributed by atoms with Crippen molar-refractivity contribution in [1.29, 1.82) is 0 Å². The predicted octanol–water partition coefficient (Wildman–Crippen LogP) is 1.80. The van der Waals surface area contributed by atoms with Crippen molar-refractivity contribution in [3.8, 4) is 0 Å². The molecule has 2 fully saturated rings. The van der Waals surface area contributed by atoms with Crippen LogP contribution in [-0.4, -0.2) is 49.4 Å². The van der Waals surface area contributed by atoms with E-state index in [1.165, 1.54) is 0 Å². The fourth-order valence-corrected chi connectivity index (χ4v) is 2.84. The average molecular weight is 258 g/mol. The molecule has 0 aromatic rings. The normalized spacial score (nSPS) is 26.9. The zero-order chi connectivity index (χ0) is 13.4. The van der Waals surface area contributed by atoms with Gasteiger partial charge in [-0.05, 0) is 33.7 Å². The molecule has 1 spiro atoms. The van der Waals surface area contributed by atoms with E-state index < -0.39 is 5.60 Å². The van der Waals surface area contributed by atoms with Crippen LogP contribution in [0.2, 0.25) is 0 Å². The standard InChI is InChI=1S/C13H23FN2O2/c1-12(2,3)18-11(17)16-8-13(9-16)4-5-15-7-10(13)6-14/h10,15H,4-9H2,1-3H3. The van der Waals surface area contributed by atoms with E-state index in [1.54, 1.807) is 4.90 Å². The topological polar surface area (TPSA) is 41.6 Å². The van der Waals surface area contributed by atoms with Gasteiger partial charge in [-0.2, -0.15) is 0 Å². The summed E-state index contributed by atoms with van der Waals surface area (Å²) >= 11 is 0. The van der Waals surface area contributed by atoms with Gasteiger partial charge < -0.3 is 15.0 Å². The molecule has 104 valence electrons. The Hall–Kier alpha value is -0.840. The first-order chi connectivity index (χ1) is 8.36. The third-order valence-corrected chi connectivity index (χ3v) is 3.91. The largest absolute Gasteiger partial charge is 0.444 e. The molecule has 2 saturated heterocycles. The summed E-state index contributed by atoms with van der Waals surface area (Å²) in [5.74, 6) is 0.0323. The molecule has 0 aromatic heterocycles. The van der Waals surface area contributed by atoms with Gasteiger partial charge in [-0.15, -0.1) is 0 Å². The lowest BCUT2D eigenvalue weighted by molar-refractivity contribution is -0.0773. The van der Waals surface area contributed by atoms with E-state index in [0.717, 1.165) is 19.5 Å². The highest BCUT2D eigenvalue weighted by Gasteiger charge is 2.52. The zero-order valence-electron chi connectivity index (χ0n) is 11.5. The highest BCUT2D eigenvalue weighted by molar-refractivity contribution is 5.69. The van der Waals surface area contributed by atoms with E-state index in [9.17, 15) is 9.18 Å². The highest BCUT2D eigenvalue weighted by Crippen LogP contribution is 2.43. The molecule has 0 aromatic carbocycles. The minimum atomic E-state index is -0.465. The second-order valence-electron chi connectivity index (χ2n) is 6.50. The Morgan fingerprint density at radius 1 is 1.50 bits per heavy atom. The molecule has 2 aliphatic heterocycles. The highest BCUT2D eigenvalue weighted by atomic mass is 19.1.